The van der Waals surface area contributed by atoms with Gasteiger partial charge in [-0.1, -0.05) is 25.2 Å². The molecule has 0 bridgehead atoms. The summed E-state index contributed by atoms with van der Waals surface area (Å²) in [7, 11) is 0. The lowest BCUT2D eigenvalue weighted by molar-refractivity contribution is -0.137. The Kier molecular flexibility index (Phi) is 6.72. The van der Waals surface area contributed by atoms with Crippen LogP contribution in [0.2, 0.25) is 0 Å². The molecule has 1 unspecified atom stereocenters. The first-order valence-electron chi connectivity index (χ1n) is 9.70. The van der Waals surface area contributed by atoms with Gasteiger partial charge in [0.2, 0.25) is 10.9 Å². The third kappa shape index (κ3) is 4.73. The molecule has 0 saturated carbocycles. The highest BCUT2D eigenvalue weighted by Crippen LogP contribution is 2.30. The third-order valence-electron chi connectivity index (χ3n) is 5.15. The van der Waals surface area contributed by atoms with Crippen molar-refractivity contribution in [1.82, 2.24) is 15.1 Å². The SMILES string of the molecule is CCC(CC)C(=O)N1CCCC(c2nnc(C(=O)Nc3ccc(F)cc3)s2)C1. The summed E-state index contributed by atoms with van der Waals surface area (Å²) >= 11 is 1.26. The largest absolute Gasteiger partial charge is 0.342 e. The molecular weight excluding hydrogens is 379 g/mol. The van der Waals surface area contributed by atoms with Crippen LogP contribution >= 0.6 is 11.3 Å². The molecule has 28 heavy (non-hydrogen) atoms. The molecule has 1 aromatic heterocycles. The number of carbonyl (C=O) groups is 2. The second kappa shape index (κ2) is 9.23. The minimum absolute atomic E-state index is 0.0743. The highest BCUT2D eigenvalue weighted by Gasteiger charge is 2.30. The number of hydrogen-bond donors (Lipinski definition) is 1. The van der Waals surface area contributed by atoms with E-state index in [2.05, 4.69) is 15.5 Å². The maximum atomic E-state index is 13.0. The van der Waals surface area contributed by atoms with Crippen molar-refractivity contribution >= 4 is 28.8 Å². The lowest BCUT2D eigenvalue weighted by atomic mass is 9.95. The van der Waals surface area contributed by atoms with Gasteiger partial charge in [-0.2, -0.15) is 0 Å². The third-order valence-corrected chi connectivity index (χ3v) is 6.24. The molecule has 1 N–H and O–H groups in total. The fraction of sp³-hybridized carbons (Fsp3) is 0.500. The second-order valence-corrected chi connectivity index (χ2v) is 8.05. The van der Waals surface area contributed by atoms with Gasteiger partial charge in [0.15, 0.2) is 0 Å². The summed E-state index contributed by atoms with van der Waals surface area (Å²) in [6, 6.07) is 5.57. The predicted octanol–water partition coefficient (Wildman–Crippen LogP) is 4.07. The number of likely N-dealkylation sites (tertiary alicyclic amines) is 1. The smallest absolute Gasteiger partial charge is 0.286 e. The maximum Gasteiger partial charge on any atom is 0.286 e. The van der Waals surface area contributed by atoms with Gasteiger partial charge in [0, 0.05) is 30.6 Å². The molecule has 1 atom stereocenters. The first-order chi connectivity index (χ1) is 13.5. The van der Waals surface area contributed by atoms with Crippen molar-refractivity contribution in [2.24, 2.45) is 5.92 Å². The molecular formula is C20H25FN4O2S. The van der Waals surface area contributed by atoms with E-state index in [1.807, 2.05) is 18.7 Å². The molecule has 0 radical (unpaired) electrons. The van der Waals surface area contributed by atoms with Crippen LogP contribution in [0.1, 0.15) is 60.3 Å². The van der Waals surface area contributed by atoms with E-state index in [0.717, 1.165) is 37.2 Å². The molecule has 150 valence electrons. The molecule has 1 aromatic carbocycles. The average Bonchev–Trinajstić information content (AvgIpc) is 3.21. The minimum atomic E-state index is -0.365. The molecule has 2 aromatic rings. The molecule has 3 rings (SSSR count). The van der Waals surface area contributed by atoms with Crippen LogP contribution in [0.4, 0.5) is 10.1 Å². The molecule has 1 aliphatic rings. The van der Waals surface area contributed by atoms with Gasteiger partial charge in [-0.3, -0.25) is 9.59 Å². The summed E-state index contributed by atoms with van der Waals surface area (Å²) in [5.74, 6) is -0.326. The van der Waals surface area contributed by atoms with Crippen LogP contribution in [-0.4, -0.2) is 40.0 Å². The van der Waals surface area contributed by atoms with Gasteiger partial charge in [-0.15, -0.1) is 10.2 Å². The maximum absolute atomic E-state index is 13.0. The van der Waals surface area contributed by atoms with Crippen LogP contribution in [-0.2, 0) is 4.79 Å². The Morgan fingerprint density at radius 3 is 2.64 bits per heavy atom. The van der Waals surface area contributed by atoms with Crippen molar-refractivity contribution in [3.05, 3.63) is 40.1 Å². The van der Waals surface area contributed by atoms with Gasteiger partial charge < -0.3 is 10.2 Å². The molecule has 1 saturated heterocycles. The number of benzene rings is 1. The first-order valence-corrected chi connectivity index (χ1v) is 10.5. The number of rotatable bonds is 6. The van der Waals surface area contributed by atoms with Gasteiger partial charge in [-0.05, 0) is 49.9 Å². The van der Waals surface area contributed by atoms with Crippen LogP contribution in [0.25, 0.3) is 0 Å². The van der Waals surface area contributed by atoms with E-state index >= 15 is 0 Å². The lowest BCUT2D eigenvalue weighted by Gasteiger charge is -2.33. The van der Waals surface area contributed by atoms with Gasteiger partial charge in [0.25, 0.3) is 5.91 Å². The van der Waals surface area contributed by atoms with E-state index in [1.165, 1.54) is 35.6 Å². The fourth-order valence-corrected chi connectivity index (χ4v) is 4.35. The summed E-state index contributed by atoms with van der Waals surface area (Å²) in [4.78, 5) is 27.0. The Morgan fingerprint density at radius 2 is 1.96 bits per heavy atom. The van der Waals surface area contributed by atoms with E-state index < -0.39 is 0 Å². The number of aromatic nitrogens is 2. The molecule has 2 heterocycles. The molecule has 0 aliphatic carbocycles. The molecule has 6 nitrogen and oxygen atoms in total. The van der Waals surface area contributed by atoms with Gasteiger partial charge >= 0.3 is 0 Å². The number of piperidine rings is 1. The normalized spacial score (nSPS) is 17.0. The van der Waals surface area contributed by atoms with Crippen molar-refractivity contribution in [3.8, 4) is 0 Å². The molecule has 1 aliphatic heterocycles. The average molecular weight is 405 g/mol. The Bertz CT molecular complexity index is 820. The number of halogens is 1. The van der Waals surface area contributed by atoms with E-state index in [9.17, 15) is 14.0 Å². The van der Waals surface area contributed by atoms with Gasteiger partial charge in [-0.25, -0.2) is 4.39 Å². The topological polar surface area (TPSA) is 75.2 Å². The van der Waals surface area contributed by atoms with Crippen LogP contribution < -0.4 is 5.32 Å². The summed E-state index contributed by atoms with van der Waals surface area (Å²) in [6.45, 7) is 5.50. The minimum Gasteiger partial charge on any atom is -0.342 e. The van der Waals surface area contributed by atoms with Crippen molar-refractivity contribution in [2.45, 2.75) is 45.4 Å². The van der Waals surface area contributed by atoms with Gasteiger partial charge in [0.1, 0.15) is 10.8 Å². The van der Waals surface area contributed by atoms with Crippen LogP contribution in [0.5, 0.6) is 0 Å². The number of carbonyl (C=O) groups excluding carboxylic acids is 2. The van der Waals surface area contributed by atoms with E-state index in [0.29, 0.717) is 12.2 Å². The summed E-state index contributed by atoms with van der Waals surface area (Å²) in [6.07, 6.45) is 3.56. The van der Waals surface area contributed by atoms with Gasteiger partial charge in [0.05, 0.1) is 0 Å². The lowest BCUT2D eigenvalue weighted by Crippen LogP contribution is -2.42. The van der Waals surface area contributed by atoms with E-state index in [4.69, 9.17) is 0 Å². The Balaban J connectivity index is 1.64. The standard InChI is InChI=1S/C20H25FN4O2S/c1-3-13(4-2)20(27)25-11-5-6-14(12-25)18-23-24-19(28-18)17(26)22-16-9-7-15(21)8-10-16/h7-10,13-14H,3-6,11-12H2,1-2H3,(H,22,26). The monoisotopic (exact) mass is 404 g/mol. The summed E-state index contributed by atoms with van der Waals surface area (Å²) in [5.41, 5.74) is 0.503. The molecule has 8 heteroatoms. The Labute approximate surface area is 168 Å². The van der Waals surface area contributed by atoms with Crippen LogP contribution in [0.3, 0.4) is 0 Å². The zero-order valence-electron chi connectivity index (χ0n) is 16.2. The van der Waals surface area contributed by atoms with Crippen molar-refractivity contribution in [2.75, 3.05) is 18.4 Å². The summed E-state index contributed by atoms with van der Waals surface area (Å²) < 4.78 is 13.0. The van der Waals surface area contributed by atoms with Crippen molar-refractivity contribution in [3.63, 3.8) is 0 Å². The number of amides is 2. The Hall–Kier alpha value is -2.35. The summed E-state index contributed by atoms with van der Waals surface area (Å²) in [5, 5.41) is 12.0. The van der Waals surface area contributed by atoms with Crippen LogP contribution in [0.15, 0.2) is 24.3 Å². The number of hydrogen-bond acceptors (Lipinski definition) is 5. The molecule has 1 fully saturated rings. The number of nitrogens with zero attached hydrogens (tertiary/aromatic N) is 3. The zero-order valence-corrected chi connectivity index (χ0v) is 17.0. The fourth-order valence-electron chi connectivity index (χ4n) is 3.48. The van der Waals surface area contributed by atoms with E-state index in [1.54, 1.807) is 0 Å². The molecule has 2 amide bonds. The zero-order chi connectivity index (χ0) is 20.1. The van der Waals surface area contributed by atoms with E-state index in [-0.39, 0.29) is 34.5 Å². The highest BCUT2D eigenvalue weighted by molar-refractivity contribution is 7.13. The first kappa shape index (κ1) is 20.4. The number of anilines is 1. The number of nitrogens with one attached hydrogen (secondary N) is 1. The van der Waals surface area contributed by atoms with Crippen LogP contribution in [0, 0.1) is 11.7 Å². The van der Waals surface area contributed by atoms with Crippen molar-refractivity contribution < 1.29 is 14.0 Å². The highest BCUT2D eigenvalue weighted by atomic mass is 32.1. The predicted molar refractivity (Wildman–Crippen MR) is 107 cm³/mol. The second-order valence-electron chi connectivity index (χ2n) is 7.04. The quantitative estimate of drug-likeness (QED) is 0.787. The Morgan fingerprint density at radius 1 is 1.25 bits per heavy atom. The van der Waals surface area contributed by atoms with Crippen molar-refractivity contribution in [1.29, 1.82) is 0 Å². The molecule has 0 spiro atoms.